The molecule has 5 aliphatic heterocycles. The van der Waals surface area contributed by atoms with Crippen LogP contribution in [0.5, 0.6) is 11.5 Å². The minimum Gasteiger partial charge on any atom is -0.496 e. The number of carbonyl (C=O) groups excluding carboxylic acids is 5. The number of alkyl halides is 2. The van der Waals surface area contributed by atoms with Gasteiger partial charge < -0.3 is 29.2 Å². The van der Waals surface area contributed by atoms with Gasteiger partial charge in [0.25, 0.3) is 23.3 Å². The van der Waals surface area contributed by atoms with Crippen LogP contribution in [-0.2, 0) is 36.1 Å². The number of anilines is 1. The second-order valence-corrected chi connectivity index (χ2v) is 16.8. The molecule has 0 saturated carbocycles. The third-order valence-electron chi connectivity index (χ3n) is 13.2. The number of aromatic nitrogens is 1. The first-order valence-electron chi connectivity index (χ1n) is 21.1. The van der Waals surface area contributed by atoms with Crippen molar-refractivity contribution in [1.82, 2.24) is 34.8 Å². The quantitative estimate of drug-likeness (QED) is 0.288. The lowest BCUT2D eigenvalue weighted by atomic mass is 9.89. The van der Waals surface area contributed by atoms with Crippen molar-refractivity contribution in [3.63, 3.8) is 0 Å². The number of fused-ring (bicyclic) bond motifs is 2. The third kappa shape index (κ3) is 8.00. The number of ether oxygens (including phenoxy) is 2. The van der Waals surface area contributed by atoms with Crippen molar-refractivity contribution in [2.24, 2.45) is 13.0 Å². The van der Waals surface area contributed by atoms with Crippen LogP contribution >= 0.6 is 0 Å². The van der Waals surface area contributed by atoms with Gasteiger partial charge in [-0.05, 0) is 80.2 Å². The number of piperidine rings is 2. The Labute approximate surface area is 357 Å². The summed E-state index contributed by atoms with van der Waals surface area (Å²) in [6, 6.07) is 7.49. The molecule has 18 heteroatoms. The van der Waals surface area contributed by atoms with Gasteiger partial charge in [-0.25, -0.2) is 13.6 Å². The number of likely N-dealkylation sites (tertiary alicyclic amines) is 1. The number of aryl methyl sites for hydroxylation is 1. The molecule has 6 heterocycles. The summed E-state index contributed by atoms with van der Waals surface area (Å²) < 4.78 is 45.0. The van der Waals surface area contributed by atoms with Gasteiger partial charge >= 0.3 is 6.03 Å². The molecule has 1 aromatic heterocycles. The maximum Gasteiger partial charge on any atom is 0.317 e. The van der Waals surface area contributed by atoms with Crippen LogP contribution in [-0.4, -0.2) is 139 Å². The number of rotatable bonds is 10. The number of imide groups is 2. The van der Waals surface area contributed by atoms with Crippen LogP contribution in [0.3, 0.4) is 0 Å². The van der Waals surface area contributed by atoms with Gasteiger partial charge in [-0.1, -0.05) is 0 Å². The molecule has 2 unspecified atom stereocenters. The number of nitrogens with one attached hydrogen (secondary N) is 2. The fourth-order valence-corrected chi connectivity index (χ4v) is 9.67. The average molecular weight is 859 g/mol. The Morgan fingerprint density at radius 1 is 0.855 bits per heavy atom. The summed E-state index contributed by atoms with van der Waals surface area (Å²) >= 11 is 0. The normalized spacial score (nSPS) is 21.7. The van der Waals surface area contributed by atoms with Crippen molar-refractivity contribution in [2.45, 2.75) is 57.2 Å². The largest absolute Gasteiger partial charge is 0.496 e. The molecule has 0 spiro atoms. The second kappa shape index (κ2) is 17.1. The van der Waals surface area contributed by atoms with Crippen LogP contribution in [0.15, 0.2) is 41.3 Å². The van der Waals surface area contributed by atoms with Gasteiger partial charge in [0.2, 0.25) is 11.8 Å². The predicted molar refractivity (Wildman–Crippen MR) is 224 cm³/mol. The number of carbonyl (C=O) groups is 5. The topological polar surface area (TPSA) is 166 Å². The van der Waals surface area contributed by atoms with Gasteiger partial charge in [0.1, 0.15) is 17.5 Å². The molecule has 62 heavy (non-hydrogen) atoms. The number of nitrogens with zero attached hydrogens (tertiary/aromatic N) is 6. The van der Waals surface area contributed by atoms with Gasteiger partial charge in [0.15, 0.2) is 0 Å². The second-order valence-electron chi connectivity index (χ2n) is 16.8. The van der Waals surface area contributed by atoms with E-state index in [4.69, 9.17) is 9.47 Å². The molecule has 3 aromatic rings. The molecule has 16 nitrogen and oxygen atoms in total. The van der Waals surface area contributed by atoms with Crippen LogP contribution < -0.4 is 30.6 Å². The maximum atomic E-state index is 15.9. The van der Waals surface area contributed by atoms with E-state index in [-0.39, 0.29) is 48.6 Å². The van der Waals surface area contributed by atoms with Crippen molar-refractivity contribution >= 4 is 35.3 Å². The third-order valence-corrected chi connectivity index (χ3v) is 13.2. The van der Waals surface area contributed by atoms with Gasteiger partial charge in [-0.2, -0.15) is 0 Å². The zero-order chi connectivity index (χ0) is 44.0. The molecule has 0 aliphatic carbocycles. The lowest BCUT2D eigenvalue weighted by molar-refractivity contribution is -0.136. The highest BCUT2D eigenvalue weighted by Gasteiger charge is 2.46. The summed E-state index contributed by atoms with van der Waals surface area (Å²) in [5.74, 6) is -4.93. The maximum absolute atomic E-state index is 15.9. The minimum atomic E-state index is -2.92. The van der Waals surface area contributed by atoms with E-state index in [1.165, 1.54) is 18.8 Å². The Morgan fingerprint density at radius 3 is 2.23 bits per heavy atom. The number of methoxy groups -OCH3 is 2. The molecule has 0 bridgehead atoms. The molecule has 6 amide bonds. The lowest BCUT2D eigenvalue weighted by Crippen LogP contribution is -2.54. The first kappa shape index (κ1) is 42.8. The van der Waals surface area contributed by atoms with Crippen LogP contribution in [0.25, 0.3) is 11.1 Å². The van der Waals surface area contributed by atoms with Crippen molar-refractivity contribution in [3.8, 4) is 22.6 Å². The van der Waals surface area contributed by atoms with Crippen LogP contribution in [0.4, 0.5) is 19.3 Å². The Kier molecular flexibility index (Phi) is 11.8. The molecular weight excluding hydrogens is 807 g/mol. The number of hydrogen-bond acceptors (Lipinski definition) is 11. The number of pyridine rings is 1. The SMILES string of the molecule is CNC(=O)N1CCc2c(-c3cc(OC)c(CN4CCC(CCN5CCN(c6ccc7c(c6)C(=O)N(C6CCC(=O)NC6=O)C7=O)CC5)C(F)(F)C4)c(OC)c3)cn(C)c(=O)c2C1. The fourth-order valence-electron chi connectivity index (χ4n) is 9.67. The summed E-state index contributed by atoms with van der Waals surface area (Å²) in [7, 11) is 6.30. The summed E-state index contributed by atoms with van der Waals surface area (Å²) in [6.45, 7) is 3.91. The zero-order valence-electron chi connectivity index (χ0n) is 35.4. The molecule has 2 aromatic carbocycles. The van der Waals surface area contributed by atoms with Crippen LogP contribution in [0, 0.1) is 5.92 Å². The Morgan fingerprint density at radius 2 is 1.56 bits per heavy atom. The van der Waals surface area contributed by atoms with Gasteiger partial charge in [0.05, 0.1) is 44.0 Å². The summed E-state index contributed by atoms with van der Waals surface area (Å²) in [6.07, 6.45) is 3.06. The smallest absolute Gasteiger partial charge is 0.317 e. The molecule has 2 atom stereocenters. The van der Waals surface area contributed by atoms with E-state index in [2.05, 4.69) is 20.4 Å². The highest BCUT2D eigenvalue weighted by Crippen LogP contribution is 2.41. The summed E-state index contributed by atoms with van der Waals surface area (Å²) in [4.78, 5) is 84.7. The number of hydrogen-bond donors (Lipinski definition) is 2. The highest BCUT2D eigenvalue weighted by molar-refractivity contribution is 6.23. The Balaban J connectivity index is 0.871. The fraction of sp³-hybridized carbons (Fsp3) is 0.500. The minimum absolute atomic E-state index is 0.0470. The van der Waals surface area contributed by atoms with Crippen molar-refractivity contribution in [2.75, 3.05) is 78.5 Å². The van der Waals surface area contributed by atoms with Crippen molar-refractivity contribution < 1.29 is 42.2 Å². The Hall–Kier alpha value is -5.88. The summed E-state index contributed by atoms with van der Waals surface area (Å²) in [5.41, 5.74) is 4.65. The van der Waals surface area contributed by atoms with E-state index in [0.29, 0.717) is 87.7 Å². The van der Waals surface area contributed by atoms with E-state index < -0.39 is 48.1 Å². The average Bonchev–Trinajstić information content (AvgIpc) is 3.51. The molecule has 330 valence electrons. The zero-order valence-corrected chi connectivity index (χ0v) is 35.4. The summed E-state index contributed by atoms with van der Waals surface area (Å²) in [5, 5.41) is 4.84. The van der Waals surface area contributed by atoms with Gasteiger partial charge in [0, 0.05) is 88.7 Å². The van der Waals surface area contributed by atoms with Crippen molar-refractivity contribution in [1.29, 1.82) is 0 Å². The highest BCUT2D eigenvalue weighted by atomic mass is 19.3. The predicted octanol–water partition coefficient (Wildman–Crippen LogP) is 2.84. The molecule has 3 fully saturated rings. The molecule has 8 rings (SSSR count). The number of halogens is 2. The van der Waals surface area contributed by atoms with E-state index >= 15 is 8.78 Å². The van der Waals surface area contributed by atoms with E-state index in [1.807, 2.05) is 12.1 Å². The lowest BCUT2D eigenvalue weighted by Gasteiger charge is -2.40. The van der Waals surface area contributed by atoms with Gasteiger partial charge in [-0.15, -0.1) is 0 Å². The van der Waals surface area contributed by atoms with Crippen LogP contribution in [0.2, 0.25) is 0 Å². The monoisotopic (exact) mass is 858 g/mol. The molecule has 0 radical (unpaired) electrons. The first-order chi connectivity index (χ1) is 29.7. The number of urea groups is 1. The molecule has 3 saturated heterocycles. The van der Waals surface area contributed by atoms with Crippen LogP contribution in [0.1, 0.15) is 63.1 Å². The standard InChI is InChI=1S/C44H52F2N8O8/c1-47-43(60)53-14-11-29-32(22-49(2)40(57)33(29)24-53)26-19-36(61-3)34(37(20-26)62-4)23-51-13-10-27(44(45,46)25-51)9-12-50-15-17-52(18-16-50)28-5-6-30-31(21-28)42(59)54(41(30)58)35-7-8-38(55)48-39(35)56/h5-6,19-22,27,35H,7-18,23-25H2,1-4H3,(H,47,60)(H,48,55,56). The number of benzene rings is 2. The van der Waals surface area contributed by atoms with E-state index in [9.17, 15) is 28.8 Å². The molecule has 2 N–H and O–H groups in total. The van der Waals surface area contributed by atoms with E-state index in [1.54, 1.807) is 48.3 Å². The number of amides is 6. The Bertz CT molecular complexity index is 2360. The van der Waals surface area contributed by atoms with E-state index in [0.717, 1.165) is 27.3 Å². The molecule has 5 aliphatic rings. The number of piperazine rings is 1. The van der Waals surface area contributed by atoms with Crippen molar-refractivity contribution in [3.05, 3.63) is 74.7 Å². The molecular formula is C44H52F2N8O8. The van der Waals surface area contributed by atoms with Gasteiger partial charge in [-0.3, -0.25) is 44.0 Å². The first-order valence-corrected chi connectivity index (χ1v) is 21.1.